The first-order valence-corrected chi connectivity index (χ1v) is 5.21. The molecule has 2 heterocycles. The van der Waals surface area contributed by atoms with Crippen LogP contribution in [0.5, 0.6) is 0 Å². The largest absolute Gasteiger partial charge is 0.395 e. The fraction of sp³-hybridized carbons (Fsp3) is 1.00. The van der Waals surface area contributed by atoms with Gasteiger partial charge in [-0.15, -0.1) is 11.8 Å². The Morgan fingerprint density at radius 2 is 2.55 bits per heavy atom. The Hall–Kier alpha value is 0.230. The van der Waals surface area contributed by atoms with Crippen molar-refractivity contribution in [2.45, 2.75) is 12.1 Å². The number of nitrogens with one attached hydrogen (secondary N) is 1. The van der Waals surface area contributed by atoms with Gasteiger partial charge in [0.15, 0.2) is 0 Å². The van der Waals surface area contributed by atoms with Crippen molar-refractivity contribution in [3.63, 3.8) is 0 Å². The summed E-state index contributed by atoms with van der Waals surface area (Å²) in [5, 5.41) is 12.3. The molecule has 0 radical (unpaired) electrons. The number of rotatable bonds is 1. The summed E-state index contributed by atoms with van der Waals surface area (Å²) in [6.07, 6.45) is 0. The molecule has 2 aliphatic rings. The van der Waals surface area contributed by atoms with Gasteiger partial charge in [0.2, 0.25) is 0 Å². The number of hydrogen-bond donors (Lipinski definition) is 2. The zero-order chi connectivity index (χ0) is 7.68. The molecule has 0 aromatic rings. The van der Waals surface area contributed by atoms with Crippen LogP contribution >= 0.6 is 11.8 Å². The fourth-order valence-electron chi connectivity index (χ4n) is 1.68. The Morgan fingerprint density at radius 3 is 3.36 bits per heavy atom. The highest BCUT2D eigenvalue weighted by molar-refractivity contribution is 7.99. The second-order valence-corrected chi connectivity index (χ2v) is 4.21. The molecular weight excluding hydrogens is 160 g/mol. The van der Waals surface area contributed by atoms with E-state index < -0.39 is 0 Å². The summed E-state index contributed by atoms with van der Waals surface area (Å²) >= 11 is 2.00. The van der Waals surface area contributed by atoms with Crippen LogP contribution in [0.1, 0.15) is 0 Å². The van der Waals surface area contributed by atoms with E-state index in [-0.39, 0.29) is 6.61 Å². The molecule has 0 bridgehead atoms. The number of thioether (sulfide) groups is 1. The van der Waals surface area contributed by atoms with Gasteiger partial charge in [0.05, 0.1) is 6.61 Å². The molecule has 0 aromatic carbocycles. The molecule has 0 amide bonds. The van der Waals surface area contributed by atoms with Crippen molar-refractivity contribution in [3.8, 4) is 0 Å². The van der Waals surface area contributed by atoms with Crippen molar-refractivity contribution < 1.29 is 5.11 Å². The Bertz CT molecular complexity index is 144. The standard InChI is InChI=1S/C7H14N2OS/c10-3-6-2-9-5-11-4-7(9)1-8-6/h6-8,10H,1-5H2/t6-,7+/m0/s1. The number of aliphatic hydroxyl groups is 1. The van der Waals surface area contributed by atoms with Gasteiger partial charge in [-0.3, -0.25) is 4.90 Å². The summed E-state index contributed by atoms with van der Waals surface area (Å²) in [6, 6.07) is 1.03. The molecule has 0 unspecified atom stereocenters. The third-order valence-corrected chi connectivity index (χ3v) is 3.54. The summed E-state index contributed by atoms with van der Waals surface area (Å²) < 4.78 is 0. The molecule has 64 valence electrons. The molecule has 2 aliphatic heterocycles. The van der Waals surface area contributed by atoms with Gasteiger partial charge in [-0.25, -0.2) is 0 Å². The van der Waals surface area contributed by atoms with Crippen LogP contribution in [0, 0.1) is 0 Å². The lowest BCUT2D eigenvalue weighted by molar-refractivity contribution is 0.136. The predicted molar refractivity (Wildman–Crippen MR) is 46.7 cm³/mol. The fourth-order valence-corrected chi connectivity index (χ4v) is 2.94. The molecule has 2 fully saturated rings. The van der Waals surface area contributed by atoms with Gasteiger partial charge in [-0.05, 0) is 0 Å². The maximum atomic E-state index is 8.92. The highest BCUT2D eigenvalue weighted by Gasteiger charge is 2.30. The summed E-state index contributed by atoms with van der Waals surface area (Å²) in [6.45, 7) is 2.35. The van der Waals surface area contributed by atoms with Crippen LogP contribution in [0.25, 0.3) is 0 Å². The molecule has 4 heteroatoms. The van der Waals surface area contributed by atoms with E-state index in [0.717, 1.165) is 25.0 Å². The third kappa shape index (κ3) is 1.54. The van der Waals surface area contributed by atoms with E-state index in [0.29, 0.717) is 6.04 Å². The van der Waals surface area contributed by atoms with Gasteiger partial charge in [0, 0.05) is 36.8 Å². The average Bonchev–Trinajstić information content (AvgIpc) is 2.50. The molecule has 0 aliphatic carbocycles. The minimum atomic E-state index is 0.272. The molecule has 2 saturated heterocycles. The molecule has 2 N–H and O–H groups in total. The Balaban J connectivity index is 1.91. The van der Waals surface area contributed by atoms with Crippen LogP contribution in [0.15, 0.2) is 0 Å². The number of aliphatic hydroxyl groups excluding tert-OH is 1. The van der Waals surface area contributed by atoms with E-state index in [2.05, 4.69) is 10.2 Å². The molecule has 0 spiro atoms. The summed E-state index contributed by atoms with van der Waals surface area (Å²) in [5.74, 6) is 2.41. The van der Waals surface area contributed by atoms with E-state index in [1.807, 2.05) is 11.8 Å². The van der Waals surface area contributed by atoms with Gasteiger partial charge in [-0.1, -0.05) is 0 Å². The van der Waals surface area contributed by atoms with Gasteiger partial charge in [0.25, 0.3) is 0 Å². The van der Waals surface area contributed by atoms with E-state index >= 15 is 0 Å². The molecular formula is C7H14N2OS. The van der Waals surface area contributed by atoms with Crippen molar-refractivity contribution in [2.24, 2.45) is 0 Å². The minimum Gasteiger partial charge on any atom is -0.395 e. The van der Waals surface area contributed by atoms with Gasteiger partial charge >= 0.3 is 0 Å². The Labute approximate surface area is 71.1 Å². The second kappa shape index (κ2) is 3.31. The zero-order valence-corrected chi connectivity index (χ0v) is 7.31. The van der Waals surface area contributed by atoms with Crippen LogP contribution in [0.2, 0.25) is 0 Å². The molecule has 2 atom stereocenters. The summed E-state index contributed by atoms with van der Waals surface area (Å²) in [4.78, 5) is 2.46. The smallest absolute Gasteiger partial charge is 0.0597 e. The first-order chi connectivity index (χ1) is 5.40. The lowest BCUT2D eigenvalue weighted by atomic mass is 10.1. The van der Waals surface area contributed by atoms with Crippen LogP contribution < -0.4 is 5.32 Å². The van der Waals surface area contributed by atoms with E-state index in [1.165, 1.54) is 5.75 Å². The monoisotopic (exact) mass is 174 g/mol. The van der Waals surface area contributed by atoms with E-state index in [4.69, 9.17) is 5.11 Å². The van der Waals surface area contributed by atoms with Gasteiger partial charge in [-0.2, -0.15) is 0 Å². The maximum Gasteiger partial charge on any atom is 0.0597 e. The number of nitrogens with zero attached hydrogens (tertiary/aromatic N) is 1. The molecule has 0 saturated carbocycles. The van der Waals surface area contributed by atoms with Crippen molar-refractivity contribution in [3.05, 3.63) is 0 Å². The topological polar surface area (TPSA) is 35.5 Å². The zero-order valence-electron chi connectivity index (χ0n) is 6.49. The Morgan fingerprint density at radius 1 is 1.64 bits per heavy atom. The molecule has 0 aromatic heterocycles. The van der Waals surface area contributed by atoms with Gasteiger partial charge in [0.1, 0.15) is 0 Å². The lowest BCUT2D eigenvalue weighted by Crippen LogP contribution is -2.55. The van der Waals surface area contributed by atoms with Crippen molar-refractivity contribution in [1.29, 1.82) is 0 Å². The molecule has 3 nitrogen and oxygen atoms in total. The first kappa shape index (κ1) is 7.86. The second-order valence-electron chi connectivity index (χ2n) is 3.21. The molecule has 2 rings (SSSR count). The van der Waals surface area contributed by atoms with Crippen LogP contribution in [-0.4, -0.2) is 53.4 Å². The summed E-state index contributed by atoms with van der Waals surface area (Å²) in [5.41, 5.74) is 0. The number of hydrogen-bond acceptors (Lipinski definition) is 4. The van der Waals surface area contributed by atoms with Crippen molar-refractivity contribution in [1.82, 2.24) is 10.2 Å². The predicted octanol–water partition coefficient (Wildman–Crippen LogP) is -0.675. The van der Waals surface area contributed by atoms with Crippen LogP contribution in [0.3, 0.4) is 0 Å². The van der Waals surface area contributed by atoms with Crippen molar-refractivity contribution in [2.75, 3.05) is 31.3 Å². The minimum absolute atomic E-state index is 0.272. The number of fused-ring (bicyclic) bond motifs is 1. The maximum absolute atomic E-state index is 8.92. The summed E-state index contributed by atoms with van der Waals surface area (Å²) in [7, 11) is 0. The SMILES string of the molecule is OC[C@@H]1CN2CSC[C@H]2CN1. The first-order valence-electron chi connectivity index (χ1n) is 4.06. The van der Waals surface area contributed by atoms with E-state index in [9.17, 15) is 0 Å². The Kier molecular flexibility index (Phi) is 2.36. The van der Waals surface area contributed by atoms with Crippen molar-refractivity contribution >= 4 is 11.8 Å². The third-order valence-electron chi connectivity index (χ3n) is 2.40. The number of piperazine rings is 1. The quantitative estimate of drug-likeness (QED) is 0.552. The van der Waals surface area contributed by atoms with Crippen LogP contribution in [-0.2, 0) is 0 Å². The van der Waals surface area contributed by atoms with Gasteiger partial charge < -0.3 is 10.4 Å². The lowest BCUT2D eigenvalue weighted by Gasteiger charge is -2.34. The van der Waals surface area contributed by atoms with E-state index in [1.54, 1.807) is 0 Å². The highest BCUT2D eigenvalue weighted by Crippen LogP contribution is 2.22. The van der Waals surface area contributed by atoms with Crippen LogP contribution in [0.4, 0.5) is 0 Å². The average molecular weight is 174 g/mol. The molecule has 11 heavy (non-hydrogen) atoms. The highest BCUT2D eigenvalue weighted by atomic mass is 32.2. The normalized spacial score (nSPS) is 39.0.